The number of hydrogen-bond acceptors (Lipinski definition) is 5. The number of fused-ring (bicyclic) bond motifs is 1. The van der Waals surface area contributed by atoms with Crippen molar-refractivity contribution in [2.45, 2.75) is 20.5 Å². The quantitative estimate of drug-likeness (QED) is 0.296. The maximum Gasteiger partial charge on any atom is 0.375 e. The minimum absolute atomic E-state index is 0.122. The Bertz CT molecular complexity index is 1340. The fraction of sp³-hybridized carbons (Fsp3) is 0.154. The first-order valence-electron chi connectivity index (χ1n) is 10.2. The number of esters is 1. The highest BCUT2D eigenvalue weighted by Gasteiger charge is 2.23. The summed E-state index contributed by atoms with van der Waals surface area (Å²) in [7, 11) is 0. The standard InChI is InChI=1S/C26H21BrO5/c1-3-30-26(29)25-23(17-8-10-19(27)11-9-17)24(28)21-13-12-20(14-22(21)32-25)31-15-18-7-5-4-6-16(18)2/h4-14H,3,15H2,1-2H3. The molecular weight excluding hydrogens is 472 g/mol. The minimum atomic E-state index is -0.685. The van der Waals surface area contributed by atoms with Crippen LogP contribution < -0.4 is 10.2 Å². The Morgan fingerprint density at radius 2 is 1.78 bits per heavy atom. The Hall–Kier alpha value is -3.38. The molecule has 0 saturated heterocycles. The summed E-state index contributed by atoms with van der Waals surface area (Å²) in [6.45, 7) is 4.27. The lowest BCUT2D eigenvalue weighted by atomic mass is 10.0. The number of carbonyl (C=O) groups is 1. The van der Waals surface area contributed by atoms with Gasteiger partial charge < -0.3 is 13.9 Å². The second kappa shape index (κ2) is 9.40. The molecule has 3 aromatic carbocycles. The third kappa shape index (κ3) is 4.46. The molecule has 0 aliphatic heterocycles. The van der Waals surface area contributed by atoms with Crippen molar-refractivity contribution < 1.29 is 18.7 Å². The third-order valence-corrected chi connectivity index (χ3v) is 5.64. The SMILES string of the molecule is CCOC(=O)c1oc2cc(OCc3ccccc3C)ccc2c(=O)c1-c1ccc(Br)cc1. The van der Waals surface area contributed by atoms with E-state index >= 15 is 0 Å². The number of ether oxygens (including phenoxy) is 2. The van der Waals surface area contributed by atoms with Gasteiger partial charge in [0, 0.05) is 10.5 Å². The highest BCUT2D eigenvalue weighted by Crippen LogP contribution is 2.29. The molecule has 0 atom stereocenters. The molecule has 0 amide bonds. The number of benzene rings is 3. The van der Waals surface area contributed by atoms with Gasteiger partial charge in [0.25, 0.3) is 0 Å². The Balaban J connectivity index is 1.78. The van der Waals surface area contributed by atoms with Gasteiger partial charge in [-0.15, -0.1) is 0 Å². The fourth-order valence-corrected chi connectivity index (χ4v) is 3.68. The van der Waals surface area contributed by atoms with E-state index in [-0.39, 0.29) is 28.9 Å². The molecule has 0 fully saturated rings. The predicted octanol–water partition coefficient (Wildman–Crippen LogP) is 6.29. The van der Waals surface area contributed by atoms with Crippen LogP contribution in [-0.2, 0) is 11.3 Å². The highest BCUT2D eigenvalue weighted by molar-refractivity contribution is 9.10. The Morgan fingerprint density at radius 3 is 2.50 bits per heavy atom. The zero-order chi connectivity index (χ0) is 22.7. The van der Waals surface area contributed by atoms with E-state index < -0.39 is 5.97 Å². The average molecular weight is 493 g/mol. The summed E-state index contributed by atoms with van der Waals surface area (Å²) in [6, 6.07) is 20.1. The maximum absolute atomic E-state index is 13.4. The molecule has 0 radical (unpaired) electrons. The summed E-state index contributed by atoms with van der Waals surface area (Å²) >= 11 is 3.39. The van der Waals surface area contributed by atoms with Crippen LogP contribution in [0.5, 0.6) is 5.75 Å². The van der Waals surface area contributed by atoms with Gasteiger partial charge in [0.2, 0.25) is 11.2 Å². The van der Waals surface area contributed by atoms with Gasteiger partial charge in [-0.05, 0) is 54.8 Å². The number of carbonyl (C=O) groups excluding carboxylic acids is 1. The van der Waals surface area contributed by atoms with Crippen molar-refractivity contribution in [3.05, 3.63) is 98.3 Å². The number of rotatable bonds is 6. The number of aryl methyl sites for hydroxylation is 1. The van der Waals surface area contributed by atoms with Crippen molar-refractivity contribution in [3.63, 3.8) is 0 Å². The van der Waals surface area contributed by atoms with Crippen molar-refractivity contribution in [1.29, 1.82) is 0 Å². The van der Waals surface area contributed by atoms with E-state index in [1.807, 2.05) is 31.2 Å². The van der Waals surface area contributed by atoms with Crippen LogP contribution in [0.1, 0.15) is 28.6 Å². The first-order chi connectivity index (χ1) is 15.5. The molecule has 32 heavy (non-hydrogen) atoms. The summed E-state index contributed by atoms with van der Waals surface area (Å²) < 4.78 is 17.9. The lowest BCUT2D eigenvalue weighted by molar-refractivity contribution is 0.0492. The van der Waals surface area contributed by atoms with Crippen LogP contribution in [0, 0.1) is 6.92 Å². The Morgan fingerprint density at radius 1 is 1.03 bits per heavy atom. The van der Waals surface area contributed by atoms with E-state index in [0.29, 0.717) is 23.3 Å². The second-order valence-electron chi connectivity index (χ2n) is 7.24. The zero-order valence-corrected chi connectivity index (χ0v) is 19.3. The molecule has 6 heteroatoms. The summed E-state index contributed by atoms with van der Waals surface area (Å²) in [5.74, 6) is -0.270. The van der Waals surface area contributed by atoms with Gasteiger partial charge in [0.05, 0.1) is 17.6 Å². The van der Waals surface area contributed by atoms with Crippen LogP contribution in [-0.4, -0.2) is 12.6 Å². The molecule has 0 bridgehead atoms. The van der Waals surface area contributed by atoms with E-state index in [0.717, 1.165) is 15.6 Å². The molecule has 0 aliphatic rings. The summed E-state index contributed by atoms with van der Waals surface area (Å²) in [5.41, 5.74) is 2.91. The molecule has 1 heterocycles. The zero-order valence-electron chi connectivity index (χ0n) is 17.7. The van der Waals surface area contributed by atoms with Crippen LogP contribution in [0.4, 0.5) is 0 Å². The van der Waals surface area contributed by atoms with Crippen molar-refractivity contribution in [2.24, 2.45) is 0 Å². The van der Waals surface area contributed by atoms with Gasteiger partial charge >= 0.3 is 5.97 Å². The normalized spacial score (nSPS) is 10.8. The highest BCUT2D eigenvalue weighted by atomic mass is 79.9. The maximum atomic E-state index is 13.4. The van der Waals surface area contributed by atoms with Crippen molar-refractivity contribution in [3.8, 4) is 16.9 Å². The van der Waals surface area contributed by atoms with Gasteiger partial charge in [-0.1, -0.05) is 52.3 Å². The van der Waals surface area contributed by atoms with Crippen LogP contribution >= 0.6 is 15.9 Å². The molecule has 0 saturated carbocycles. The van der Waals surface area contributed by atoms with Crippen molar-refractivity contribution in [1.82, 2.24) is 0 Å². The van der Waals surface area contributed by atoms with Crippen LogP contribution in [0.2, 0.25) is 0 Å². The lowest BCUT2D eigenvalue weighted by Gasteiger charge is -2.12. The Labute approximate surface area is 193 Å². The number of hydrogen-bond donors (Lipinski definition) is 0. The molecule has 5 nitrogen and oxygen atoms in total. The predicted molar refractivity (Wildman–Crippen MR) is 127 cm³/mol. The summed E-state index contributed by atoms with van der Waals surface area (Å²) in [4.78, 5) is 26.0. The molecule has 0 aliphatic carbocycles. The topological polar surface area (TPSA) is 65.7 Å². The average Bonchev–Trinajstić information content (AvgIpc) is 2.79. The van der Waals surface area contributed by atoms with Crippen LogP contribution in [0.3, 0.4) is 0 Å². The van der Waals surface area contributed by atoms with Gasteiger partial charge in [-0.25, -0.2) is 4.79 Å². The molecule has 0 spiro atoms. The van der Waals surface area contributed by atoms with E-state index in [4.69, 9.17) is 13.9 Å². The van der Waals surface area contributed by atoms with Gasteiger partial charge in [-0.3, -0.25) is 4.79 Å². The van der Waals surface area contributed by atoms with Gasteiger partial charge in [-0.2, -0.15) is 0 Å². The molecule has 0 unspecified atom stereocenters. The van der Waals surface area contributed by atoms with E-state index in [1.54, 1.807) is 49.4 Å². The van der Waals surface area contributed by atoms with Crippen molar-refractivity contribution in [2.75, 3.05) is 6.61 Å². The first kappa shape index (κ1) is 21.8. The van der Waals surface area contributed by atoms with Crippen LogP contribution in [0.15, 0.2) is 80.4 Å². The molecule has 4 aromatic rings. The first-order valence-corrected chi connectivity index (χ1v) is 11.0. The molecular formula is C26H21BrO5. The summed E-state index contributed by atoms with van der Waals surface area (Å²) in [5, 5.41) is 0.360. The smallest absolute Gasteiger partial charge is 0.375 e. The van der Waals surface area contributed by atoms with E-state index in [1.165, 1.54) is 0 Å². The van der Waals surface area contributed by atoms with Crippen LogP contribution in [0.25, 0.3) is 22.1 Å². The minimum Gasteiger partial charge on any atom is -0.489 e. The van der Waals surface area contributed by atoms with E-state index in [2.05, 4.69) is 15.9 Å². The third-order valence-electron chi connectivity index (χ3n) is 5.11. The number of halogens is 1. The monoisotopic (exact) mass is 492 g/mol. The Kier molecular flexibility index (Phi) is 6.42. The van der Waals surface area contributed by atoms with Gasteiger partial charge in [0.15, 0.2) is 0 Å². The molecule has 4 rings (SSSR count). The largest absolute Gasteiger partial charge is 0.489 e. The molecule has 1 aromatic heterocycles. The fourth-order valence-electron chi connectivity index (χ4n) is 3.42. The van der Waals surface area contributed by atoms with Gasteiger partial charge in [0.1, 0.15) is 17.9 Å². The summed E-state index contributed by atoms with van der Waals surface area (Å²) in [6.07, 6.45) is 0. The molecule has 162 valence electrons. The lowest BCUT2D eigenvalue weighted by Crippen LogP contribution is -2.15. The second-order valence-corrected chi connectivity index (χ2v) is 8.15. The van der Waals surface area contributed by atoms with Crippen molar-refractivity contribution >= 4 is 32.9 Å². The molecule has 0 N–H and O–H groups in total. The van der Waals surface area contributed by atoms with E-state index in [9.17, 15) is 9.59 Å².